The number of hydrogen-bond donors (Lipinski definition) is 0. The van der Waals surface area contributed by atoms with Gasteiger partial charge in [0.2, 0.25) is 0 Å². The predicted molar refractivity (Wildman–Crippen MR) is 203 cm³/mol. The van der Waals surface area contributed by atoms with Crippen LogP contribution in [0, 0.1) is 0 Å². The predicted octanol–water partition coefficient (Wildman–Crippen LogP) is 5.70. The van der Waals surface area contributed by atoms with E-state index < -0.39 is 11.3 Å². The van der Waals surface area contributed by atoms with Gasteiger partial charge in [0.15, 0.2) is 0 Å². The van der Waals surface area contributed by atoms with E-state index in [1.54, 1.807) is 30.9 Å². The first-order valence-electron chi connectivity index (χ1n) is 17.3. The van der Waals surface area contributed by atoms with E-state index in [4.69, 9.17) is 8.83 Å². The summed E-state index contributed by atoms with van der Waals surface area (Å²) in [5.74, 6) is 0. The summed E-state index contributed by atoms with van der Waals surface area (Å²) in [4.78, 5) is 39.2. The average molecular weight is 713 g/mol. The Morgan fingerprint density at radius 1 is 0.481 bits per heavy atom. The summed E-state index contributed by atoms with van der Waals surface area (Å²) in [6.45, 7) is 0.944. The van der Waals surface area contributed by atoms with Crippen molar-refractivity contribution in [2.75, 3.05) is 0 Å². The van der Waals surface area contributed by atoms with E-state index in [1.165, 1.54) is 12.1 Å². The van der Waals surface area contributed by atoms with Gasteiger partial charge in [0.05, 0.1) is 49.6 Å². The lowest BCUT2D eigenvalue weighted by Crippen LogP contribution is -2.25. The third-order valence-electron chi connectivity index (χ3n) is 9.84. The Kier molecular flexibility index (Phi) is 7.18. The molecule has 0 saturated heterocycles. The number of imidazole rings is 1. The fraction of sp³-hybridized carbons (Fsp3) is 0.0976. The molecule has 0 unspecified atom stereocenters. The molecule has 5 aromatic carbocycles. The number of rotatable bonds is 8. The first kappa shape index (κ1) is 31.3. The summed E-state index contributed by atoms with van der Waals surface area (Å²) in [5, 5.41) is 22.7. The zero-order chi connectivity index (χ0) is 36.3. The van der Waals surface area contributed by atoms with Crippen molar-refractivity contribution in [2.45, 2.75) is 26.2 Å². The molecule has 0 spiro atoms. The van der Waals surface area contributed by atoms with Crippen molar-refractivity contribution in [3.63, 3.8) is 0 Å². The molecule has 13 nitrogen and oxygen atoms in total. The number of benzene rings is 5. The lowest BCUT2D eigenvalue weighted by atomic mass is 10.0. The molecule has 5 heterocycles. The lowest BCUT2D eigenvalue weighted by molar-refractivity contribution is 0.558. The molecule has 0 aliphatic rings. The average Bonchev–Trinajstić information content (AvgIpc) is 3.90. The van der Waals surface area contributed by atoms with E-state index >= 15 is 0 Å². The largest absolute Gasteiger partial charge is 0.422 e. The molecule has 262 valence electrons. The monoisotopic (exact) mass is 712 g/mol. The van der Waals surface area contributed by atoms with E-state index in [0.29, 0.717) is 35.6 Å². The van der Waals surface area contributed by atoms with Crippen LogP contribution in [0.3, 0.4) is 0 Å². The van der Waals surface area contributed by atoms with Crippen molar-refractivity contribution >= 4 is 54.5 Å². The van der Waals surface area contributed by atoms with Crippen molar-refractivity contribution in [1.29, 1.82) is 0 Å². The van der Waals surface area contributed by atoms with Gasteiger partial charge in [0.25, 0.3) is 0 Å². The summed E-state index contributed by atoms with van der Waals surface area (Å²) in [6, 6.07) is 34.0. The second-order valence-electron chi connectivity index (χ2n) is 13.3. The minimum Gasteiger partial charge on any atom is -0.422 e. The van der Waals surface area contributed by atoms with Gasteiger partial charge in [-0.1, -0.05) is 95.4 Å². The van der Waals surface area contributed by atoms with Crippen molar-refractivity contribution in [2.24, 2.45) is 0 Å². The third kappa shape index (κ3) is 5.37. The Labute approximate surface area is 303 Å². The van der Waals surface area contributed by atoms with Gasteiger partial charge >= 0.3 is 16.9 Å². The molecule has 0 N–H and O–H groups in total. The van der Waals surface area contributed by atoms with Crippen LogP contribution in [0.25, 0.3) is 54.5 Å². The highest BCUT2D eigenvalue weighted by Gasteiger charge is 2.18. The Morgan fingerprint density at radius 2 is 0.926 bits per heavy atom. The molecule has 54 heavy (non-hydrogen) atoms. The van der Waals surface area contributed by atoms with Crippen molar-refractivity contribution < 1.29 is 8.83 Å². The second-order valence-corrected chi connectivity index (χ2v) is 13.3. The van der Waals surface area contributed by atoms with Gasteiger partial charge in [-0.2, -0.15) is 0 Å². The highest BCUT2D eigenvalue weighted by Crippen LogP contribution is 2.28. The van der Waals surface area contributed by atoms with Gasteiger partial charge in [-0.05, 0) is 34.0 Å². The first-order valence-corrected chi connectivity index (χ1v) is 17.3. The number of hydrogen-bond acceptors (Lipinski definition) is 9. The molecule has 0 bridgehead atoms. The minimum absolute atomic E-state index is 0.180. The summed E-state index contributed by atoms with van der Waals surface area (Å²) in [7, 11) is 0. The van der Waals surface area contributed by atoms with E-state index in [1.807, 2.05) is 97.1 Å². The summed E-state index contributed by atoms with van der Waals surface area (Å²) >= 11 is 0. The van der Waals surface area contributed by atoms with Gasteiger partial charge in [-0.3, -0.25) is 9.13 Å². The fourth-order valence-electron chi connectivity index (χ4n) is 7.40. The molecule has 10 aromatic rings. The molecule has 0 amide bonds. The zero-order valence-corrected chi connectivity index (χ0v) is 28.5. The van der Waals surface area contributed by atoms with E-state index in [2.05, 4.69) is 20.6 Å². The van der Waals surface area contributed by atoms with Crippen LogP contribution in [0.15, 0.2) is 145 Å². The van der Waals surface area contributed by atoms with Crippen molar-refractivity contribution in [3.05, 3.63) is 175 Å². The molecular formula is C41H28N8O5. The van der Waals surface area contributed by atoms with Gasteiger partial charge in [0, 0.05) is 33.7 Å². The number of para-hydroxylation sites is 2. The molecule has 0 fully saturated rings. The summed E-state index contributed by atoms with van der Waals surface area (Å²) < 4.78 is 17.9. The topological polar surface area (TPSA) is 149 Å². The van der Waals surface area contributed by atoms with Gasteiger partial charge in [-0.15, -0.1) is 10.2 Å². The summed E-state index contributed by atoms with van der Waals surface area (Å²) in [6.07, 6.45) is 3.56. The maximum absolute atomic E-state index is 14.0. The van der Waals surface area contributed by atoms with Crippen LogP contribution in [0.5, 0.6) is 0 Å². The van der Waals surface area contributed by atoms with Crippen LogP contribution in [0.2, 0.25) is 0 Å². The van der Waals surface area contributed by atoms with Crippen LogP contribution < -0.4 is 16.9 Å². The van der Waals surface area contributed by atoms with Gasteiger partial charge in [0.1, 0.15) is 22.6 Å². The molecule has 0 aliphatic carbocycles. The first-order chi connectivity index (χ1) is 26.4. The van der Waals surface area contributed by atoms with E-state index in [0.717, 1.165) is 54.5 Å². The highest BCUT2D eigenvalue weighted by atomic mass is 16.4. The van der Waals surface area contributed by atoms with Crippen molar-refractivity contribution in [1.82, 2.24) is 39.1 Å². The Morgan fingerprint density at radius 3 is 1.41 bits per heavy atom. The molecule has 0 saturated carbocycles. The normalized spacial score (nSPS) is 11.9. The molecule has 10 rings (SSSR count). The second kappa shape index (κ2) is 12.4. The van der Waals surface area contributed by atoms with Crippen LogP contribution in [0.4, 0.5) is 0 Å². The Bertz CT molecular complexity index is 3060. The zero-order valence-electron chi connectivity index (χ0n) is 28.5. The van der Waals surface area contributed by atoms with Crippen LogP contribution in [-0.4, -0.2) is 39.1 Å². The van der Waals surface area contributed by atoms with Gasteiger partial charge in [-0.25, -0.2) is 23.7 Å². The molecule has 0 atom stereocenters. The van der Waals surface area contributed by atoms with Crippen LogP contribution in [0.1, 0.15) is 22.5 Å². The smallest absolute Gasteiger partial charge is 0.336 e. The lowest BCUT2D eigenvalue weighted by Gasteiger charge is -2.07. The maximum atomic E-state index is 14.0. The van der Waals surface area contributed by atoms with Gasteiger partial charge < -0.3 is 8.83 Å². The minimum atomic E-state index is -0.441. The van der Waals surface area contributed by atoms with E-state index in [-0.39, 0.29) is 18.8 Å². The molecular weight excluding hydrogens is 685 g/mol. The fourth-order valence-corrected chi connectivity index (χ4v) is 7.40. The number of nitrogens with zero attached hydrogens (tertiary/aromatic N) is 8. The standard InChI is InChI=1S/C41H28N8O5/c50-37-17-27(33-15-13-25-7-1-3-9-31(25)39(33)53-37)19-46-21-29(42-44-46)23-48-35-11-5-6-12-36(35)49(41(48)52)24-30-22-47(45-43-30)20-28-18-38(51)54-40-32-10-4-2-8-26(32)14-16-34(28)40/h1-18,21-22H,19-20,23-24H2. The van der Waals surface area contributed by atoms with E-state index in [9.17, 15) is 14.4 Å². The SMILES string of the molecule is O=c1cc(Cn2cc(Cn3c(=O)n(Cc4cn(Cc5cc(=O)oc6c5ccc5ccccc56)nn4)c4ccccc43)nn2)c2ccc3ccccc3c2o1. The molecule has 0 aliphatic heterocycles. The van der Waals surface area contributed by atoms with Crippen LogP contribution >= 0.6 is 0 Å². The van der Waals surface area contributed by atoms with Crippen LogP contribution in [-0.2, 0) is 26.2 Å². The molecule has 5 aromatic heterocycles. The summed E-state index contributed by atoms with van der Waals surface area (Å²) in [5.41, 5.74) is 4.08. The number of fused-ring (bicyclic) bond motifs is 7. The quantitative estimate of drug-likeness (QED) is 0.143. The maximum Gasteiger partial charge on any atom is 0.336 e. The third-order valence-corrected chi connectivity index (χ3v) is 9.84. The Balaban J connectivity index is 0.924. The molecule has 0 radical (unpaired) electrons. The highest BCUT2D eigenvalue weighted by molar-refractivity contribution is 6.05. The number of aromatic nitrogens is 8. The van der Waals surface area contributed by atoms with Crippen molar-refractivity contribution in [3.8, 4) is 0 Å². The Hall–Kier alpha value is -7.41. The molecule has 13 heteroatoms.